The summed E-state index contributed by atoms with van der Waals surface area (Å²) in [5.41, 5.74) is 0. The molecule has 1 aromatic rings. The third kappa shape index (κ3) is 4.87. The molecular weight excluding hydrogens is 387 g/mol. The monoisotopic (exact) mass is 406 g/mol. The van der Waals surface area contributed by atoms with E-state index in [-0.39, 0.29) is 34.2 Å². The minimum atomic E-state index is -2.88. The van der Waals surface area contributed by atoms with E-state index >= 15 is 0 Å². The van der Waals surface area contributed by atoms with Crippen molar-refractivity contribution in [2.45, 2.75) is 17.4 Å². The van der Waals surface area contributed by atoms with Gasteiger partial charge in [-0.1, -0.05) is 11.6 Å². The van der Waals surface area contributed by atoms with Gasteiger partial charge in [-0.3, -0.25) is 9.69 Å². The largest absolute Gasteiger partial charge is 0.339 e. The molecule has 2 heterocycles. The van der Waals surface area contributed by atoms with E-state index in [1.165, 1.54) is 23.9 Å². The molecule has 9 heteroatoms. The highest BCUT2D eigenvalue weighted by molar-refractivity contribution is 8.00. The maximum Gasteiger partial charge on any atom is 0.233 e. The summed E-state index contributed by atoms with van der Waals surface area (Å²) in [6, 6.07) is 4.52. The molecule has 0 bridgehead atoms. The molecule has 1 unspecified atom stereocenters. The Kier molecular flexibility index (Phi) is 5.92. The second kappa shape index (κ2) is 7.82. The summed E-state index contributed by atoms with van der Waals surface area (Å²) < 4.78 is 36.3. The quantitative estimate of drug-likeness (QED) is 0.715. The molecule has 1 atom stereocenters. The first-order chi connectivity index (χ1) is 11.8. The second-order valence-electron chi connectivity index (χ2n) is 6.34. The van der Waals surface area contributed by atoms with Crippen molar-refractivity contribution in [1.82, 2.24) is 9.80 Å². The summed E-state index contributed by atoms with van der Waals surface area (Å²) in [7, 11) is -2.88. The zero-order chi connectivity index (χ0) is 18.0. The third-order valence-electron chi connectivity index (χ3n) is 4.65. The first-order valence-electron chi connectivity index (χ1n) is 8.14. The number of benzene rings is 1. The van der Waals surface area contributed by atoms with Crippen LogP contribution in [0.4, 0.5) is 4.39 Å². The lowest BCUT2D eigenvalue weighted by Gasteiger charge is -2.37. The van der Waals surface area contributed by atoms with E-state index < -0.39 is 15.7 Å². The first-order valence-corrected chi connectivity index (χ1v) is 11.3. The zero-order valence-corrected chi connectivity index (χ0v) is 16.0. The highest BCUT2D eigenvalue weighted by atomic mass is 35.5. The van der Waals surface area contributed by atoms with Crippen LogP contribution >= 0.6 is 23.4 Å². The Hall–Kier alpha value is -0.830. The molecule has 0 radical (unpaired) electrons. The van der Waals surface area contributed by atoms with Crippen LogP contribution in [-0.2, 0) is 14.6 Å². The van der Waals surface area contributed by atoms with Crippen LogP contribution in [0.2, 0.25) is 5.02 Å². The number of rotatable bonds is 4. The Bertz CT molecular complexity index is 752. The summed E-state index contributed by atoms with van der Waals surface area (Å²) in [4.78, 5) is 17.1. The van der Waals surface area contributed by atoms with Gasteiger partial charge in [-0.15, -0.1) is 11.8 Å². The van der Waals surface area contributed by atoms with Gasteiger partial charge in [0, 0.05) is 37.1 Å². The third-order valence-corrected chi connectivity index (χ3v) is 7.66. The standard InChI is InChI=1S/C16H20ClFN2O3S2/c17-14-9-13(1-2-15(14)18)24-10-16(21)20-6-4-19(5-7-20)12-3-8-25(22,23)11-12/h1-2,9,12H,3-8,10-11H2. The van der Waals surface area contributed by atoms with Crippen LogP contribution in [0.5, 0.6) is 0 Å². The lowest BCUT2D eigenvalue weighted by atomic mass is 10.2. The van der Waals surface area contributed by atoms with Gasteiger partial charge < -0.3 is 4.90 Å². The number of carbonyl (C=O) groups is 1. The Balaban J connectivity index is 1.46. The summed E-state index contributed by atoms with van der Waals surface area (Å²) in [6.45, 7) is 2.64. The number of nitrogens with zero attached hydrogens (tertiary/aromatic N) is 2. The molecule has 138 valence electrons. The van der Waals surface area contributed by atoms with Crippen LogP contribution < -0.4 is 0 Å². The van der Waals surface area contributed by atoms with Gasteiger partial charge in [-0.25, -0.2) is 12.8 Å². The zero-order valence-electron chi connectivity index (χ0n) is 13.7. The van der Waals surface area contributed by atoms with E-state index in [9.17, 15) is 17.6 Å². The van der Waals surface area contributed by atoms with Gasteiger partial charge in [0.2, 0.25) is 5.91 Å². The van der Waals surface area contributed by atoms with Crippen molar-refractivity contribution < 1.29 is 17.6 Å². The van der Waals surface area contributed by atoms with E-state index in [1.54, 1.807) is 11.0 Å². The molecule has 3 rings (SSSR count). The van der Waals surface area contributed by atoms with E-state index in [4.69, 9.17) is 11.6 Å². The van der Waals surface area contributed by atoms with Gasteiger partial charge in [0.05, 0.1) is 22.3 Å². The molecule has 0 aliphatic carbocycles. The number of halogens is 2. The lowest BCUT2D eigenvalue weighted by Crippen LogP contribution is -2.52. The van der Waals surface area contributed by atoms with E-state index in [0.29, 0.717) is 32.6 Å². The van der Waals surface area contributed by atoms with Crippen LogP contribution in [0.1, 0.15) is 6.42 Å². The molecule has 1 aromatic carbocycles. The van der Waals surface area contributed by atoms with Gasteiger partial charge in [0.15, 0.2) is 9.84 Å². The van der Waals surface area contributed by atoms with Gasteiger partial charge in [0.25, 0.3) is 0 Å². The molecule has 2 aliphatic rings. The smallest absolute Gasteiger partial charge is 0.233 e. The van der Waals surface area contributed by atoms with Crippen molar-refractivity contribution in [3.05, 3.63) is 29.0 Å². The van der Waals surface area contributed by atoms with Crippen molar-refractivity contribution in [1.29, 1.82) is 0 Å². The Morgan fingerprint density at radius 1 is 1.28 bits per heavy atom. The SMILES string of the molecule is O=C(CSc1ccc(F)c(Cl)c1)N1CCN(C2CCS(=O)(=O)C2)CC1. The van der Waals surface area contributed by atoms with Crippen molar-refractivity contribution in [3.63, 3.8) is 0 Å². The van der Waals surface area contributed by atoms with Gasteiger partial charge in [0.1, 0.15) is 5.82 Å². The van der Waals surface area contributed by atoms with E-state index in [2.05, 4.69) is 4.90 Å². The Labute approximate surface area is 156 Å². The molecule has 0 N–H and O–H groups in total. The Morgan fingerprint density at radius 3 is 2.60 bits per heavy atom. The normalized spacial score (nSPS) is 23.8. The van der Waals surface area contributed by atoms with E-state index in [0.717, 1.165) is 4.90 Å². The summed E-state index contributed by atoms with van der Waals surface area (Å²) in [5, 5.41) is 0.0533. The lowest BCUT2D eigenvalue weighted by molar-refractivity contribution is -0.130. The van der Waals surface area contributed by atoms with E-state index in [1.807, 2.05) is 0 Å². The summed E-state index contributed by atoms with van der Waals surface area (Å²) >= 11 is 7.08. The molecule has 0 saturated carbocycles. The minimum absolute atomic E-state index is 0.0316. The van der Waals surface area contributed by atoms with Crippen LogP contribution in [0.15, 0.2) is 23.1 Å². The van der Waals surface area contributed by atoms with Crippen molar-refractivity contribution in [3.8, 4) is 0 Å². The maximum absolute atomic E-state index is 13.1. The summed E-state index contributed by atoms with van der Waals surface area (Å²) in [6.07, 6.45) is 0.692. The predicted octanol–water partition coefficient (Wildman–Crippen LogP) is 1.90. The number of piperazine rings is 1. The van der Waals surface area contributed by atoms with Crippen LogP contribution in [0.3, 0.4) is 0 Å². The molecule has 2 fully saturated rings. The number of hydrogen-bond donors (Lipinski definition) is 0. The molecule has 2 saturated heterocycles. The van der Waals surface area contributed by atoms with Crippen molar-refractivity contribution >= 4 is 39.1 Å². The molecule has 2 aliphatic heterocycles. The Morgan fingerprint density at radius 2 is 2.00 bits per heavy atom. The van der Waals surface area contributed by atoms with Gasteiger partial charge in [-0.05, 0) is 24.6 Å². The molecule has 25 heavy (non-hydrogen) atoms. The molecule has 5 nitrogen and oxygen atoms in total. The van der Waals surface area contributed by atoms with Crippen molar-refractivity contribution in [2.24, 2.45) is 0 Å². The van der Waals surface area contributed by atoms with Crippen molar-refractivity contribution in [2.75, 3.05) is 43.4 Å². The number of sulfone groups is 1. The predicted molar refractivity (Wildman–Crippen MR) is 97.3 cm³/mol. The average molecular weight is 407 g/mol. The fourth-order valence-corrected chi connectivity index (χ4v) is 6.05. The molecular formula is C16H20ClFN2O3S2. The fourth-order valence-electron chi connectivity index (χ4n) is 3.20. The van der Waals surface area contributed by atoms with Crippen LogP contribution in [-0.4, -0.2) is 73.6 Å². The minimum Gasteiger partial charge on any atom is -0.339 e. The second-order valence-corrected chi connectivity index (χ2v) is 10.0. The molecule has 0 aromatic heterocycles. The number of hydrogen-bond acceptors (Lipinski definition) is 5. The first kappa shape index (κ1) is 18.9. The highest BCUT2D eigenvalue weighted by Gasteiger charge is 2.34. The molecule has 0 spiro atoms. The highest BCUT2D eigenvalue weighted by Crippen LogP contribution is 2.25. The molecule has 1 amide bonds. The van der Waals surface area contributed by atoms with Gasteiger partial charge >= 0.3 is 0 Å². The van der Waals surface area contributed by atoms with Gasteiger partial charge in [-0.2, -0.15) is 0 Å². The van der Waals surface area contributed by atoms with Crippen LogP contribution in [0.25, 0.3) is 0 Å². The average Bonchev–Trinajstić information content (AvgIpc) is 2.96. The fraction of sp³-hybridized carbons (Fsp3) is 0.562. The number of thioether (sulfide) groups is 1. The number of amides is 1. The maximum atomic E-state index is 13.1. The topological polar surface area (TPSA) is 57.7 Å². The number of carbonyl (C=O) groups excluding carboxylic acids is 1. The summed E-state index contributed by atoms with van der Waals surface area (Å²) in [5.74, 6) is 0.349. The van der Waals surface area contributed by atoms with Crippen LogP contribution in [0, 0.1) is 5.82 Å².